The van der Waals surface area contributed by atoms with Gasteiger partial charge in [0.15, 0.2) is 0 Å². The maximum absolute atomic E-state index is 13.5. The van der Waals surface area contributed by atoms with Crippen LogP contribution in [-0.2, 0) is 10.0 Å². The first-order valence-corrected chi connectivity index (χ1v) is 13.1. The van der Waals surface area contributed by atoms with Crippen LogP contribution < -0.4 is 14.4 Å². The molecular weight excluding hydrogens is 460 g/mol. The molecule has 8 heteroatoms. The molecule has 0 saturated heterocycles. The Morgan fingerprint density at radius 2 is 1.76 bits per heavy atom. The van der Waals surface area contributed by atoms with E-state index < -0.39 is 10.0 Å². The maximum atomic E-state index is 13.5. The van der Waals surface area contributed by atoms with Gasteiger partial charge < -0.3 is 10.1 Å². The molecule has 6 nitrogen and oxygen atoms in total. The highest BCUT2D eigenvalue weighted by molar-refractivity contribution is 7.92. The molecule has 0 aliphatic heterocycles. The number of hydrogen-bond acceptors (Lipinski definition) is 4. The number of rotatable bonds is 8. The van der Waals surface area contributed by atoms with Gasteiger partial charge in [0, 0.05) is 6.04 Å². The van der Waals surface area contributed by atoms with Gasteiger partial charge in [-0.05, 0) is 55.3 Å². The molecule has 1 N–H and O–H groups in total. The highest BCUT2D eigenvalue weighted by atomic mass is 35.5. The van der Waals surface area contributed by atoms with Crippen molar-refractivity contribution in [3.63, 3.8) is 0 Å². The van der Waals surface area contributed by atoms with Crippen LogP contribution in [0.2, 0.25) is 5.02 Å². The summed E-state index contributed by atoms with van der Waals surface area (Å²) in [6, 6.07) is 11.0. The van der Waals surface area contributed by atoms with Crippen LogP contribution in [0.1, 0.15) is 55.3 Å². The Bertz CT molecular complexity index is 1060. The summed E-state index contributed by atoms with van der Waals surface area (Å²) in [4.78, 5) is 13.0. The van der Waals surface area contributed by atoms with Crippen LogP contribution >= 0.6 is 11.6 Å². The van der Waals surface area contributed by atoms with Gasteiger partial charge in [0.1, 0.15) is 5.75 Å². The second-order valence-corrected chi connectivity index (χ2v) is 10.4. The predicted molar refractivity (Wildman–Crippen MR) is 133 cm³/mol. The second kappa shape index (κ2) is 11.6. The van der Waals surface area contributed by atoms with Gasteiger partial charge in [-0.1, -0.05) is 49.8 Å². The lowest BCUT2D eigenvalue weighted by atomic mass is 9.96. The summed E-state index contributed by atoms with van der Waals surface area (Å²) >= 11 is 6.31. The average molecular weight is 491 g/mol. The van der Waals surface area contributed by atoms with Crippen LogP contribution in [0.15, 0.2) is 60.0 Å². The van der Waals surface area contributed by atoms with Crippen molar-refractivity contribution in [2.24, 2.45) is 0 Å². The zero-order valence-electron chi connectivity index (χ0n) is 18.9. The summed E-state index contributed by atoms with van der Waals surface area (Å²) in [5.41, 5.74) is 0.624. The lowest BCUT2D eigenvalue weighted by Crippen LogP contribution is -2.36. The van der Waals surface area contributed by atoms with E-state index in [0.29, 0.717) is 11.4 Å². The molecule has 1 amide bonds. The van der Waals surface area contributed by atoms with Crippen LogP contribution in [-0.4, -0.2) is 34.0 Å². The molecule has 2 aromatic rings. The smallest absolute Gasteiger partial charge is 0.264 e. The van der Waals surface area contributed by atoms with Gasteiger partial charge in [-0.15, -0.1) is 6.58 Å². The standard InChI is InChI=1S/C25H31ClN2O4S/c1-3-17-28(20-11-13-21(32-2)14-12-20)33(30,31)22-15-16-24(26)23(18-22)25(29)27-19-9-7-5-4-6-8-10-19/h3,11-16,18-19H,1,4-10,17H2,2H3,(H,27,29). The van der Waals surface area contributed by atoms with Gasteiger partial charge in [-0.3, -0.25) is 9.10 Å². The molecule has 1 saturated carbocycles. The fourth-order valence-electron chi connectivity index (χ4n) is 4.04. The van der Waals surface area contributed by atoms with E-state index in [1.165, 1.54) is 47.8 Å². The Balaban J connectivity index is 1.88. The van der Waals surface area contributed by atoms with Gasteiger partial charge in [0.25, 0.3) is 15.9 Å². The minimum absolute atomic E-state index is 0.00705. The summed E-state index contributed by atoms with van der Waals surface area (Å²) in [7, 11) is -2.42. The van der Waals surface area contributed by atoms with Crippen LogP contribution in [0.5, 0.6) is 5.75 Å². The summed E-state index contributed by atoms with van der Waals surface area (Å²) in [6.45, 7) is 3.76. The number of amides is 1. The van der Waals surface area contributed by atoms with Crippen LogP contribution in [0.4, 0.5) is 5.69 Å². The molecule has 1 aliphatic rings. The normalized spacial score (nSPS) is 15.2. The number of carbonyl (C=O) groups excluding carboxylic acids is 1. The Labute approximate surface area is 201 Å². The Hall–Kier alpha value is -2.51. The fourth-order valence-corrected chi connectivity index (χ4v) is 5.70. The molecule has 33 heavy (non-hydrogen) atoms. The van der Waals surface area contributed by atoms with E-state index in [2.05, 4.69) is 11.9 Å². The quantitative estimate of drug-likeness (QED) is 0.490. The molecule has 0 heterocycles. The number of nitrogens with zero attached hydrogens (tertiary/aromatic N) is 1. The molecule has 0 radical (unpaired) electrons. The number of anilines is 1. The molecule has 178 valence electrons. The number of benzene rings is 2. The maximum Gasteiger partial charge on any atom is 0.264 e. The first-order valence-electron chi connectivity index (χ1n) is 11.2. The zero-order chi connectivity index (χ0) is 23.8. The van der Waals surface area contributed by atoms with Crippen molar-refractivity contribution in [1.82, 2.24) is 5.32 Å². The van der Waals surface area contributed by atoms with Crippen molar-refractivity contribution in [2.75, 3.05) is 18.0 Å². The third kappa shape index (κ3) is 6.30. The number of carbonyl (C=O) groups is 1. The van der Waals surface area contributed by atoms with Crippen molar-refractivity contribution in [3.05, 3.63) is 65.7 Å². The van der Waals surface area contributed by atoms with Crippen molar-refractivity contribution in [2.45, 2.75) is 55.9 Å². The summed E-state index contributed by atoms with van der Waals surface area (Å²) in [6.07, 6.45) is 9.09. The molecule has 3 rings (SSSR count). The molecule has 1 fully saturated rings. The van der Waals surface area contributed by atoms with Crippen LogP contribution in [0, 0.1) is 0 Å². The van der Waals surface area contributed by atoms with Crippen molar-refractivity contribution in [1.29, 1.82) is 0 Å². The van der Waals surface area contributed by atoms with Crippen molar-refractivity contribution in [3.8, 4) is 5.75 Å². The van der Waals surface area contributed by atoms with Gasteiger partial charge in [0.05, 0.1) is 34.8 Å². The zero-order valence-corrected chi connectivity index (χ0v) is 20.5. The molecule has 0 spiro atoms. The highest BCUT2D eigenvalue weighted by Gasteiger charge is 2.26. The van der Waals surface area contributed by atoms with E-state index in [1.807, 2.05) is 0 Å². The topological polar surface area (TPSA) is 75.7 Å². The summed E-state index contributed by atoms with van der Waals surface area (Å²) in [5.74, 6) is 0.275. The van der Waals surface area contributed by atoms with Gasteiger partial charge in [-0.2, -0.15) is 0 Å². The van der Waals surface area contributed by atoms with E-state index in [-0.39, 0.29) is 34.0 Å². The largest absolute Gasteiger partial charge is 0.497 e. The number of methoxy groups -OCH3 is 1. The van der Waals surface area contributed by atoms with E-state index >= 15 is 0 Å². The highest BCUT2D eigenvalue weighted by Crippen LogP contribution is 2.28. The molecule has 0 bridgehead atoms. The van der Waals surface area contributed by atoms with Gasteiger partial charge in [-0.25, -0.2) is 8.42 Å². The molecular formula is C25H31ClN2O4S. The SMILES string of the molecule is C=CCN(c1ccc(OC)cc1)S(=O)(=O)c1ccc(Cl)c(C(=O)NC2CCCCCCC2)c1. The van der Waals surface area contributed by atoms with Gasteiger partial charge >= 0.3 is 0 Å². The van der Waals surface area contributed by atoms with Gasteiger partial charge in [0.2, 0.25) is 0 Å². The second-order valence-electron chi connectivity index (χ2n) is 8.18. The minimum Gasteiger partial charge on any atom is -0.497 e. The summed E-state index contributed by atoms with van der Waals surface area (Å²) < 4.78 is 33.4. The van der Waals surface area contributed by atoms with E-state index in [0.717, 1.165) is 25.7 Å². The predicted octanol–water partition coefficient (Wildman–Crippen LogP) is 5.57. The van der Waals surface area contributed by atoms with Crippen LogP contribution in [0.3, 0.4) is 0 Å². The summed E-state index contributed by atoms with van der Waals surface area (Å²) in [5, 5.41) is 3.28. The third-order valence-corrected chi connectivity index (χ3v) is 7.99. The lowest BCUT2D eigenvalue weighted by Gasteiger charge is -2.24. The average Bonchev–Trinajstić information content (AvgIpc) is 2.79. The monoisotopic (exact) mass is 490 g/mol. The number of sulfonamides is 1. The first-order chi connectivity index (χ1) is 15.9. The lowest BCUT2D eigenvalue weighted by molar-refractivity contribution is 0.0930. The fraction of sp³-hybridized carbons (Fsp3) is 0.400. The van der Waals surface area contributed by atoms with E-state index in [9.17, 15) is 13.2 Å². The number of nitrogens with one attached hydrogen (secondary N) is 1. The molecule has 0 unspecified atom stereocenters. The molecule has 2 aromatic carbocycles. The molecule has 0 aromatic heterocycles. The first kappa shape index (κ1) is 25.1. The Kier molecular flexibility index (Phi) is 8.80. The van der Waals surface area contributed by atoms with Crippen LogP contribution in [0.25, 0.3) is 0 Å². The Morgan fingerprint density at radius 3 is 2.36 bits per heavy atom. The molecule has 1 aliphatic carbocycles. The number of hydrogen-bond donors (Lipinski definition) is 1. The van der Waals surface area contributed by atoms with E-state index in [4.69, 9.17) is 16.3 Å². The third-order valence-electron chi connectivity index (χ3n) is 5.87. The van der Waals surface area contributed by atoms with Crippen molar-refractivity contribution >= 4 is 33.2 Å². The Morgan fingerprint density at radius 1 is 1.12 bits per heavy atom. The number of halogens is 1. The molecule has 0 atom stereocenters. The van der Waals surface area contributed by atoms with Crippen molar-refractivity contribution < 1.29 is 17.9 Å². The van der Waals surface area contributed by atoms with E-state index in [1.54, 1.807) is 31.4 Å². The number of ether oxygens (including phenoxy) is 1. The minimum atomic E-state index is -3.97.